The number of rotatable bonds is 7. The lowest BCUT2D eigenvalue weighted by molar-refractivity contribution is -0.116. The average Bonchev–Trinajstić information content (AvgIpc) is 3.21. The fourth-order valence-corrected chi connectivity index (χ4v) is 3.49. The molecular weight excluding hydrogens is 346 g/mol. The Morgan fingerprint density at radius 2 is 1.73 bits per heavy atom. The molecule has 0 bridgehead atoms. The Hall–Kier alpha value is -2.79. The molecule has 3 aromatic rings. The van der Waals surface area contributed by atoms with Crippen LogP contribution in [-0.4, -0.2) is 20.1 Å². The molecule has 0 aliphatic heterocycles. The number of methoxy groups -OCH3 is 2. The first-order valence-electron chi connectivity index (χ1n) is 8.34. The van der Waals surface area contributed by atoms with Crippen LogP contribution in [0.15, 0.2) is 60.0 Å². The van der Waals surface area contributed by atoms with Crippen molar-refractivity contribution in [3.63, 3.8) is 0 Å². The quantitative estimate of drug-likeness (QED) is 0.639. The highest BCUT2D eigenvalue weighted by molar-refractivity contribution is 7.13. The van der Waals surface area contributed by atoms with Gasteiger partial charge in [-0.2, -0.15) is 0 Å². The number of amides is 1. The number of hydrogen-bond donors (Lipinski definition) is 1. The molecule has 134 valence electrons. The van der Waals surface area contributed by atoms with Crippen molar-refractivity contribution in [1.29, 1.82) is 0 Å². The van der Waals surface area contributed by atoms with E-state index >= 15 is 0 Å². The van der Waals surface area contributed by atoms with Gasteiger partial charge in [0.1, 0.15) is 11.5 Å². The lowest BCUT2D eigenvalue weighted by Crippen LogP contribution is -2.13. The smallest absolute Gasteiger partial charge is 0.224 e. The van der Waals surface area contributed by atoms with Crippen LogP contribution < -0.4 is 14.8 Å². The molecule has 4 nitrogen and oxygen atoms in total. The molecule has 3 rings (SSSR count). The molecule has 5 heteroatoms. The highest BCUT2D eigenvalue weighted by atomic mass is 32.1. The number of anilines is 1. The van der Waals surface area contributed by atoms with Crippen LogP contribution in [0.1, 0.15) is 12.0 Å². The molecule has 26 heavy (non-hydrogen) atoms. The van der Waals surface area contributed by atoms with Gasteiger partial charge in [0.05, 0.1) is 14.2 Å². The summed E-state index contributed by atoms with van der Waals surface area (Å²) in [6.07, 6.45) is 0.996. The van der Waals surface area contributed by atoms with Gasteiger partial charge in [0.25, 0.3) is 0 Å². The second-order valence-electron chi connectivity index (χ2n) is 5.79. The number of aryl methyl sites for hydroxylation is 1. The van der Waals surface area contributed by atoms with Crippen molar-refractivity contribution < 1.29 is 14.3 Å². The number of benzene rings is 2. The minimum absolute atomic E-state index is 0.0178. The molecule has 1 aromatic heterocycles. The molecule has 1 heterocycles. The van der Waals surface area contributed by atoms with Crippen molar-refractivity contribution in [2.75, 3.05) is 19.5 Å². The molecule has 0 aliphatic carbocycles. The van der Waals surface area contributed by atoms with Crippen molar-refractivity contribution >= 4 is 22.9 Å². The third-order valence-electron chi connectivity index (χ3n) is 4.04. The number of carbonyl (C=O) groups excluding carboxylic acids is 1. The molecule has 0 saturated carbocycles. The van der Waals surface area contributed by atoms with Gasteiger partial charge >= 0.3 is 0 Å². The van der Waals surface area contributed by atoms with Gasteiger partial charge in [0, 0.05) is 28.6 Å². The van der Waals surface area contributed by atoms with Crippen LogP contribution in [0.5, 0.6) is 11.5 Å². The van der Waals surface area contributed by atoms with Crippen molar-refractivity contribution in [3.8, 4) is 21.9 Å². The van der Waals surface area contributed by atoms with Gasteiger partial charge in [-0.25, -0.2) is 0 Å². The van der Waals surface area contributed by atoms with E-state index in [9.17, 15) is 4.79 Å². The summed E-state index contributed by atoms with van der Waals surface area (Å²) in [5, 5.41) is 5.06. The minimum atomic E-state index is -0.0178. The summed E-state index contributed by atoms with van der Waals surface area (Å²) in [7, 11) is 3.24. The van der Waals surface area contributed by atoms with Crippen molar-refractivity contribution in [2.45, 2.75) is 12.8 Å². The van der Waals surface area contributed by atoms with Crippen molar-refractivity contribution in [2.24, 2.45) is 0 Å². The largest absolute Gasteiger partial charge is 0.497 e. The SMILES string of the molecule is COc1cc(CCC(=O)Nc2ccccc2-c2cccs2)cc(OC)c1. The lowest BCUT2D eigenvalue weighted by Gasteiger charge is -2.11. The predicted molar refractivity (Wildman–Crippen MR) is 106 cm³/mol. The van der Waals surface area contributed by atoms with E-state index in [0.717, 1.165) is 33.2 Å². The molecule has 0 aliphatic rings. The number of nitrogens with one attached hydrogen (secondary N) is 1. The first-order valence-corrected chi connectivity index (χ1v) is 9.22. The molecular formula is C21H21NO3S. The number of ether oxygens (including phenoxy) is 2. The number of hydrogen-bond acceptors (Lipinski definition) is 4. The zero-order valence-corrected chi connectivity index (χ0v) is 15.6. The number of carbonyl (C=O) groups is 1. The van der Waals surface area contributed by atoms with Gasteiger partial charge in [0.15, 0.2) is 0 Å². The van der Waals surface area contributed by atoms with Gasteiger partial charge < -0.3 is 14.8 Å². The van der Waals surface area contributed by atoms with Gasteiger partial charge in [-0.05, 0) is 41.6 Å². The van der Waals surface area contributed by atoms with E-state index in [1.54, 1.807) is 25.6 Å². The predicted octanol–water partition coefficient (Wildman–Crippen LogP) is 5.00. The Labute approximate surface area is 157 Å². The molecule has 0 spiro atoms. The van der Waals surface area contributed by atoms with Gasteiger partial charge in [-0.15, -0.1) is 11.3 Å². The Balaban J connectivity index is 1.67. The number of thiophene rings is 1. The topological polar surface area (TPSA) is 47.6 Å². The summed E-state index contributed by atoms with van der Waals surface area (Å²) in [6, 6.07) is 17.6. The minimum Gasteiger partial charge on any atom is -0.497 e. The Morgan fingerprint density at radius 1 is 1.00 bits per heavy atom. The summed E-state index contributed by atoms with van der Waals surface area (Å²) in [6.45, 7) is 0. The van der Waals surface area contributed by atoms with Crippen LogP contribution in [0.4, 0.5) is 5.69 Å². The zero-order valence-electron chi connectivity index (χ0n) is 14.8. The van der Waals surface area contributed by atoms with E-state index in [-0.39, 0.29) is 5.91 Å². The highest BCUT2D eigenvalue weighted by Gasteiger charge is 2.10. The van der Waals surface area contributed by atoms with E-state index < -0.39 is 0 Å². The highest BCUT2D eigenvalue weighted by Crippen LogP contribution is 2.31. The first-order chi connectivity index (χ1) is 12.7. The second-order valence-corrected chi connectivity index (χ2v) is 6.74. The van der Waals surface area contributed by atoms with E-state index in [2.05, 4.69) is 11.4 Å². The maximum atomic E-state index is 12.4. The molecule has 0 fully saturated rings. The third-order valence-corrected chi connectivity index (χ3v) is 4.94. The van der Waals surface area contributed by atoms with Crippen LogP contribution in [0.25, 0.3) is 10.4 Å². The van der Waals surface area contributed by atoms with Crippen LogP contribution >= 0.6 is 11.3 Å². The van der Waals surface area contributed by atoms with Gasteiger partial charge in [-0.1, -0.05) is 24.3 Å². The molecule has 2 aromatic carbocycles. The second kappa shape index (κ2) is 8.54. The molecule has 0 saturated heterocycles. The first kappa shape index (κ1) is 18.0. The summed E-state index contributed by atoms with van der Waals surface area (Å²) in [4.78, 5) is 13.6. The fourth-order valence-electron chi connectivity index (χ4n) is 2.72. The normalized spacial score (nSPS) is 10.4. The molecule has 0 unspecified atom stereocenters. The van der Waals surface area contributed by atoms with Crippen LogP contribution in [0, 0.1) is 0 Å². The Morgan fingerprint density at radius 3 is 2.38 bits per heavy atom. The van der Waals surface area contributed by atoms with Crippen LogP contribution in [0.2, 0.25) is 0 Å². The third kappa shape index (κ3) is 4.43. The maximum Gasteiger partial charge on any atom is 0.224 e. The molecule has 0 radical (unpaired) electrons. The van der Waals surface area contributed by atoms with E-state index in [1.807, 2.05) is 53.9 Å². The Bertz CT molecular complexity index is 852. The summed E-state index contributed by atoms with van der Waals surface area (Å²) < 4.78 is 10.6. The molecule has 0 atom stereocenters. The van der Waals surface area contributed by atoms with Crippen LogP contribution in [0.3, 0.4) is 0 Å². The number of para-hydroxylation sites is 1. The Kier molecular flexibility index (Phi) is 5.92. The monoisotopic (exact) mass is 367 g/mol. The summed E-state index contributed by atoms with van der Waals surface area (Å²) in [5.41, 5.74) is 2.88. The van der Waals surface area contributed by atoms with Crippen molar-refractivity contribution in [1.82, 2.24) is 0 Å². The van der Waals surface area contributed by atoms with Crippen LogP contribution in [-0.2, 0) is 11.2 Å². The lowest BCUT2D eigenvalue weighted by atomic mass is 10.1. The summed E-state index contributed by atoms with van der Waals surface area (Å²) in [5.74, 6) is 1.43. The molecule has 1 N–H and O–H groups in total. The van der Waals surface area contributed by atoms with Crippen molar-refractivity contribution in [3.05, 3.63) is 65.5 Å². The fraction of sp³-hybridized carbons (Fsp3) is 0.190. The average molecular weight is 367 g/mol. The van der Waals surface area contributed by atoms with E-state index in [4.69, 9.17) is 9.47 Å². The maximum absolute atomic E-state index is 12.4. The van der Waals surface area contributed by atoms with Gasteiger partial charge in [-0.3, -0.25) is 4.79 Å². The van der Waals surface area contributed by atoms with E-state index in [1.165, 1.54) is 0 Å². The van der Waals surface area contributed by atoms with E-state index in [0.29, 0.717) is 12.8 Å². The van der Waals surface area contributed by atoms with Gasteiger partial charge in [0.2, 0.25) is 5.91 Å². The standard InChI is InChI=1S/C21H21NO3S/c1-24-16-12-15(13-17(14-16)25-2)9-10-21(23)22-19-7-4-3-6-18(19)20-8-5-11-26-20/h3-8,11-14H,9-10H2,1-2H3,(H,22,23). The zero-order chi connectivity index (χ0) is 18.4. The summed E-state index contributed by atoms with van der Waals surface area (Å²) >= 11 is 1.66. The molecule has 1 amide bonds.